The van der Waals surface area contributed by atoms with Crippen LogP contribution in [0.15, 0.2) is 53.7 Å². The summed E-state index contributed by atoms with van der Waals surface area (Å²) in [7, 11) is 0. The number of benzene rings is 1. The van der Waals surface area contributed by atoms with Crippen molar-refractivity contribution < 1.29 is 19.5 Å². The molecule has 0 spiro atoms. The van der Waals surface area contributed by atoms with E-state index >= 15 is 0 Å². The Morgan fingerprint density at radius 2 is 2.03 bits per heavy atom. The minimum Gasteiger partial charge on any atom is -0.494 e. The predicted molar refractivity (Wildman–Crippen MR) is 110 cm³/mol. The van der Waals surface area contributed by atoms with Gasteiger partial charge in [-0.15, -0.1) is 0 Å². The van der Waals surface area contributed by atoms with Gasteiger partial charge in [-0.3, -0.25) is 9.79 Å². The standard InChI is InChI=1S/C23H30N2O4/c1-2-28-23(26)17-19-7-5-8-21(19)18-10-12-20(13-11-18)29-16-6-14-24-22-9-3-4-15-25(22)27/h3-4,9-13,15,19,21,27H,2,5-8,14,16-17H2,1H3. The van der Waals surface area contributed by atoms with Crippen molar-refractivity contribution in [3.8, 4) is 5.75 Å². The van der Waals surface area contributed by atoms with Crippen LogP contribution >= 0.6 is 0 Å². The Morgan fingerprint density at radius 3 is 2.79 bits per heavy atom. The largest absolute Gasteiger partial charge is 0.494 e. The Labute approximate surface area is 171 Å². The molecule has 0 bridgehead atoms. The second-order valence-electron chi connectivity index (χ2n) is 7.36. The molecular weight excluding hydrogens is 368 g/mol. The molecule has 2 aromatic rings. The summed E-state index contributed by atoms with van der Waals surface area (Å²) in [4.78, 5) is 16.2. The average molecular weight is 399 g/mol. The summed E-state index contributed by atoms with van der Waals surface area (Å²) in [5, 5.41) is 9.62. The SMILES string of the molecule is CCOC(=O)CC1CCCC1c1ccc(OCCCN=c2ccccn2O)cc1. The maximum atomic E-state index is 11.8. The molecule has 1 saturated carbocycles. The average Bonchev–Trinajstić information content (AvgIpc) is 3.17. The summed E-state index contributed by atoms with van der Waals surface area (Å²) in [6.45, 7) is 3.44. The van der Waals surface area contributed by atoms with Crippen LogP contribution in [-0.2, 0) is 9.53 Å². The molecule has 0 aliphatic heterocycles. The Bertz CT molecular complexity index is 844. The van der Waals surface area contributed by atoms with Crippen LogP contribution in [0.1, 0.15) is 50.5 Å². The van der Waals surface area contributed by atoms with E-state index in [2.05, 4.69) is 17.1 Å². The molecule has 1 fully saturated rings. The molecule has 0 radical (unpaired) electrons. The number of hydrogen-bond acceptors (Lipinski definition) is 5. The highest BCUT2D eigenvalue weighted by Gasteiger charge is 2.30. The van der Waals surface area contributed by atoms with E-state index in [0.717, 1.165) is 36.2 Å². The fourth-order valence-electron chi connectivity index (χ4n) is 3.96. The zero-order valence-corrected chi connectivity index (χ0v) is 17.0. The van der Waals surface area contributed by atoms with Crippen molar-refractivity contribution in [3.05, 3.63) is 59.7 Å². The van der Waals surface area contributed by atoms with E-state index in [4.69, 9.17) is 9.47 Å². The summed E-state index contributed by atoms with van der Waals surface area (Å²) >= 11 is 0. The van der Waals surface area contributed by atoms with E-state index < -0.39 is 0 Å². The Balaban J connectivity index is 1.47. The van der Waals surface area contributed by atoms with Gasteiger partial charge in [-0.2, -0.15) is 4.73 Å². The zero-order chi connectivity index (χ0) is 20.5. The van der Waals surface area contributed by atoms with Gasteiger partial charge >= 0.3 is 5.97 Å². The first-order valence-electron chi connectivity index (χ1n) is 10.4. The van der Waals surface area contributed by atoms with Gasteiger partial charge in [0.25, 0.3) is 0 Å². The number of carbonyl (C=O) groups is 1. The summed E-state index contributed by atoms with van der Waals surface area (Å²) in [5.41, 5.74) is 1.81. The first kappa shape index (κ1) is 21.0. The monoisotopic (exact) mass is 398 g/mol. The Hall–Kier alpha value is -2.76. The number of carbonyl (C=O) groups excluding carboxylic acids is 1. The van der Waals surface area contributed by atoms with Crippen molar-refractivity contribution in [1.29, 1.82) is 0 Å². The van der Waals surface area contributed by atoms with E-state index in [1.165, 1.54) is 5.56 Å². The van der Waals surface area contributed by atoms with Gasteiger partial charge in [-0.25, -0.2) is 0 Å². The summed E-state index contributed by atoms with van der Waals surface area (Å²) in [5.74, 6) is 1.54. The summed E-state index contributed by atoms with van der Waals surface area (Å²) in [6.07, 6.45) is 6.19. The topological polar surface area (TPSA) is 73.0 Å². The molecule has 1 aromatic carbocycles. The second-order valence-corrected chi connectivity index (χ2v) is 7.36. The van der Waals surface area contributed by atoms with E-state index in [1.54, 1.807) is 18.3 Å². The van der Waals surface area contributed by atoms with Crippen LogP contribution in [0.2, 0.25) is 0 Å². The molecule has 1 heterocycles. The zero-order valence-electron chi connectivity index (χ0n) is 17.0. The molecule has 1 aromatic heterocycles. The van der Waals surface area contributed by atoms with Gasteiger partial charge in [0.1, 0.15) is 5.75 Å². The molecule has 156 valence electrons. The summed E-state index contributed by atoms with van der Waals surface area (Å²) < 4.78 is 11.9. The first-order valence-corrected chi connectivity index (χ1v) is 10.4. The van der Waals surface area contributed by atoms with Crippen LogP contribution in [0.5, 0.6) is 5.75 Å². The van der Waals surface area contributed by atoms with Crippen LogP contribution in [-0.4, -0.2) is 35.7 Å². The van der Waals surface area contributed by atoms with Crippen molar-refractivity contribution in [3.63, 3.8) is 0 Å². The number of hydrogen-bond donors (Lipinski definition) is 1. The molecule has 0 amide bonds. The molecule has 2 atom stereocenters. The van der Waals surface area contributed by atoms with Gasteiger partial charge in [0.15, 0.2) is 5.49 Å². The quantitative estimate of drug-likeness (QED) is 0.395. The van der Waals surface area contributed by atoms with Crippen molar-refractivity contribution in [2.45, 2.75) is 44.9 Å². The lowest BCUT2D eigenvalue weighted by Gasteiger charge is -2.19. The Kier molecular flexibility index (Phi) is 7.73. The number of ether oxygens (including phenoxy) is 2. The number of pyridine rings is 1. The molecule has 29 heavy (non-hydrogen) atoms. The number of rotatable bonds is 9. The second kappa shape index (κ2) is 10.7. The smallest absolute Gasteiger partial charge is 0.306 e. The molecule has 1 N–H and O–H groups in total. The Morgan fingerprint density at radius 1 is 1.21 bits per heavy atom. The minimum absolute atomic E-state index is 0.0861. The molecular formula is C23H30N2O4. The van der Waals surface area contributed by atoms with Crippen LogP contribution in [0, 0.1) is 5.92 Å². The number of esters is 1. The summed E-state index contributed by atoms with van der Waals surface area (Å²) in [6, 6.07) is 13.6. The highest BCUT2D eigenvalue weighted by atomic mass is 16.5. The lowest BCUT2D eigenvalue weighted by Crippen LogP contribution is -2.17. The van der Waals surface area contributed by atoms with Crippen LogP contribution in [0.4, 0.5) is 0 Å². The van der Waals surface area contributed by atoms with Crippen molar-refractivity contribution in [1.82, 2.24) is 4.73 Å². The fraction of sp³-hybridized carbons (Fsp3) is 0.478. The third kappa shape index (κ3) is 6.11. The van der Waals surface area contributed by atoms with Crippen LogP contribution < -0.4 is 10.2 Å². The molecule has 3 rings (SSSR count). The van der Waals surface area contributed by atoms with Crippen LogP contribution in [0.25, 0.3) is 0 Å². The highest BCUT2D eigenvalue weighted by Crippen LogP contribution is 2.41. The molecule has 0 saturated heterocycles. The minimum atomic E-state index is -0.0861. The molecule has 1 aliphatic rings. The lowest BCUT2D eigenvalue weighted by molar-refractivity contribution is -0.144. The molecule has 2 unspecified atom stereocenters. The number of aromatic nitrogens is 1. The van der Waals surface area contributed by atoms with Gasteiger partial charge in [0.2, 0.25) is 0 Å². The maximum Gasteiger partial charge on any atom is 0.306 e. The van der Waals surface area contributed by atoms with Gasteiger partial charge in [0.05, 0.1) is 13.2 Å². The lowest BCUT2D eigenvalue weighted by atomic mass is 9.87. The first-order chi connectivity index (χ1) is 14.2. The molecule has 6 nitrogen and oxygen atoms in total. The third-order valence-electron chi connectivity index (χ3n) is 5.36. The highest BCUT2D eigenvalue weighted by molar-refractivity contribution is 5.69. The van der Waals surface area contributed by atoms with E-state index in [1.807, 2.05) is 25.1 Å². The van der Waals surface area contributed by atoms with Crippen molar-refractivity contribution in [2.24, 2.45) is 10.9 Å². The van der Waals surface area contributed by atoms with Gasteiger partial charge < -0.3 is 14.7 Å². The molecule has 6 heteroatoms. The van der Waals surface area contributed by atoms with Gasteiger partial charge in [-0.1, -0.05) is 24.6 Å². The van der Waals surface area contributed by atoms with Gasteiger partial charge in [-0.05, 0) is 61.4 Å². The molecule has 1 aliphatic carbocycles. The fourth-order valence-corrected chi connectivity index (χ4v) is 3.96. The van der Waals surface area contributed by atoms with E-state index in [-0.39, 0.29) is 5.97 Å². The maximum absolute atomic E-state index is 11.8. The van der Waals surface area contributed by atoms with Crippen molar-refractivity contribution >= 4 is 5.97 Å². The van der Waals surface area contributed by atoms with E-state index in [9.17, 15) is 10.0 Å². The van der Waals surface area contributed by atoms with Crippen LogP contribution in [0.3, 0.4) is 0 Å². The van der Waals surface area contributed by atoms with E-state index in [0.29, 0.717) is 43.5 Å². The third-order valence-corrected chi connectivity index (χ3v) is 5.36. The van der Waals surface area contributed by atoms with Gasteiger partial charge in [0, 0.05) is 25.6 Å². The number of nitrogens with zero attached hydrogens (tertiary/aromatic N) is 2. The normalized spacial score (nSPS) is 19.3. The predicted octanol–water partition coefficient (Wildman–Crippen LogP) is 3.93. The van der Waals surface area contributed by atoms with Crippen molar-refractivity contribution in [2.75, 3.05) is 19.8 Å².